The summed E-state index contributed by atoms with van der Waals surface area (Å²) in [5, 5.41) is 0. The van der Waals surface area contributed by atoms with Crippen LogP contribution >= 0.6 is 0 Å². The van der Waals surface area contributed by atoms with Crippen molar-refractivity contribution in [3.05, 3.63) is 12.2 Å². The van der Waals surface area contributed by atoms with Gasteiger partial charge in [-0.3, -0.25) is 4.79 Å². The average molecular weight is 234 g/mol. The molecule has 0 radical (unpaired) electrons. The maximum absolute atomic E-state index is 12.6. The molecule has 0 aromatic carbocycles. The molecule has 3 heteroatoms. The number of nitrogens with two attached hydrogens (primary N) is 1. The summed E-state index contributed by atoms with van der Waals surface area (Å²) in [5.74, 6) is 1.84. The van der Waals surface area contributed by atoms with Gasteiger partial charge in [0.05, 0.1) is 0 Å². The van der Waals surface area contributed by atoms with Crippen LogP contribution in [0.1, 0.15) is 32.1 Å². The van der Waals surface area contributed by atoms with Gasteiger partial charge in [-0.15, -0.1) is 0 Å². The summed E-state index contributed by atoms with van der Waals surface area (Å²) >= 11 is 0. The van der Waals surface area contributed by atoms with Crippen LogP contribution in [0.3, 0.4) is 0 Å². The van der Waals surface area contributed by atoms with Gasteiger partial charge in [0.1, 0.15) is 0 Å². The first-order valence-corrected chi connectivity index (χ1v) is 6.98. The lowest BCUT2D eigenvalue weighted by molar-refractivity contribution is -0.139. The highest BCUT2D eigenvalue weighted by atomic mass is 16.2. The zero-order chi connectivity index (χ0) is 11.8. The lowest BCUT2D eigenvalue weighted by Crippen LogP contribution is -2.50. The Hall–Kier alpha value is -0.830. The zero-order valence-corrected chi connectivity index (χ0v) is 10.3. The van der Waals surface area contributed by atoms with Gasteiger partial charge in [0, 0.05) is 25.0 Å². The number of hydrogen-bond acceptors (Lipinski definition) is 2. The molecule has 2 N–H and O–H groups in total. The van der Waals surface area contributed by atoms with Crippen LogP contribution in [0, 0.1) is 17.8 Å². The smallest absolute Gasteiger partial charge is 0.226 e. The van der Waals surface area contributed by atoms with Crippen LogP contribution in [0.2, 0.25) is 0 Å². The van der Waals surface area contributed by atoms with E-state index < -0.39 is 0 Å². The third-order valence-electron chi connectivity index (χ3n) is 4.78. The highest BCUT2D eigenvalue weighted by molar-refractivity contribution is 5.80. The molecular weight excluding hydrogens is 212 g/mol. The van der Waals surface area contributed by atoms with Crippen molar-refractivity contribution in [2.24, 2.45) is 23.5 Å². The van der Waals surface area contributed by atoms with E-state index >= 15 is 0 Å². The molecule has 1 aliphatic heterocycles. The molecule has 2 aliphatic carbocycles. The van der Waals surface area contributed by atoms with Crippen LogP contribution < -0.4 is 5.73 Å². The van der Waals surface area contributed by atoms with Crippen LogP contribution in [-0.2, 0) is 4.79 Å². The quantitative estimate of drug-likeness (QED) is 0.737. The number of amides is 1. The molecule has 2 bridgehead atoms. The van der Waals surface area contributed by atoms with Gasteiger partial charge in [-0.25, -0.2) is 0 Å². The topological polar surface area (TPSA) is 46.3 Å². The fourth-order valence-electron chi connectivity index (χ4n) is 3.81. The largest absolute Gasteiger partial charge is 0.338 e. The Morgan fingerprint density at radius 1 is 1.29 bits per heavy atom. The first kappa shape index (κ1) is 11.3. The summed E-state index contributed by atoms with van der Waals surface area (Å²) in [6.07, 6.45) is 10.3. The SMILES string of the molecule is NCC1CCCCN1C(=O)C1CC2C=CC1C2. The van der Waals surface area contributed by atoms with Crippen molar-refractivity contribution >= 4 is 5.91 Å². The molecule has 4 unspecified atom stereocenters. The number of carbonyl (C=O) groups excluding carboxylic acids is 1. The Balaban J connectivity index is 1.70. The number of allylic oxidation sites excluding steroid dienone is 2. The van der Waals surface area contributed by atoms with Crippen molar-refractivity contribution < 1.29 is 4.79 Å². The number of piperidine rings is 1. The Labute approximate surface area is 103 Å². The standard InChI is InChI=1S/C14H22N2O/c15-9-12-3-1-2-6-16(12)14(17)13-8-10-4-5-11(13)7-10/h4-5,10-13H,1-3,6-9,15H2. The molecule has 0 aromatic heterocycles. The van der Waals surface area contributed by atoms with Crippen LogP contribution in [-0.4, -0.2) is 29.9 Å². The predicted molar refractivity (Wildman–Crippen MR) is 67.3 cm³/mol. The van der Waals surface area contributed by atoms with E-state index in [1.165, 1.54) is 12.8 Å². The van der Waals surface area contributed by atoms with Crippen molar-refractivity contribution in [3.8, 4) is 0 Å². The molecule has 1 saturated heterocycles. The van der Waals surface area contributed by atoms with Gasteiger partial charge in [-0.1, -0.05) is 12.2 Å². The molecule has 4 atom stereocenters. The van der Waals surface area contributed by atoms with E-state index in [2.05, 4.69) is 17.1 Å². The van der Waals surface area contributed by atoms with Gasteiger partial charge < -0.3 is 10.6 Å². The van der Waals surface area contributed by atoms with Crippen LogP contribution in [0.25, 0.3) is 0 Å². The summed E-state index contributed by atoms with van der Waals surface area (Å²) in [6, 6.07) is 0.305. The lowest BCUT2D eigenvalue weighted by Gasteiger charge is -2.37. The van der Waals surface area contributed by atoms with Crippen molar-refractivity contribution in [3.63, 3.8) is 0 Å². The lowest BCUT2D eigenvalue weighted by atomic mass is 9.90. The van der Waals surface area contributed by atoms with Gasteiger partial charge in [-0.2, -0.15) is 0 Å². The molecule has 2 fully saturated rings. The van der Waals surface area contributed by atoms with Crippen molar-refractivity contribution in [1.29, 1.82) is 0 Å². The second kappa shape index (κ2) is 4.45. The monoisotopic (exact) mass is 234 g/mol. The molecule has 17 heavy (non-hydrogen) atoms. The van der Waals surface area contributed by atoms with Gasteiger partial charge >= 0.3 is 0 Å². The first-order chi connectivity index (χ1) is 8.29. The molecule has 3 aliphatic rings. The van der Waals surface area contributed by atoms with E-state index in [0.29, 0.717) is 30.3 Å². The fourth-order valence-corrected chi connectivity index (χ4v) is 3.81. The highest BCUT2D eigenvalue weighted by Gasteiger charge is 2.42. The maximum Gasteiger partial charge on any atom is 0.226 e. The number of carbonyl (C=O) groups is 1. The number of hydrogen-bond donors (Lipinski definition) is 1. The minimum atomic E-state index is 0.261. The molecular formula is C14H22N2O. The van der Waals surface area contributed by atoms with E-state index in [4.69, 9.17) is 5.73 Å². The first-order valence-electron chi connectivity index (χ1n) is 6.98. The molecule has 94 valence electrons. The third kappa shape index (κ3) is 1.90. The Kier molecular flexibility index (Phi) is 2.95. The van der Waals surface area contributed by atoms with Crippen molar-refractivity contribution in [2.45, 2.75) is 38.1 Å². The maximum atomic E-state index is 12.6. The van der Waals surface area contributed by atoms with Crippen LogP contribution in [0.5, 0.6) is 0 Å². The molecule has 1 amide bonds. The third-order valence-corrected chi connectivity index (χ3v) is 4.78. The van der Waals surface area contributed by atoms with Gasteiger partial charge in [0.2, 0.25) is 5.91 Å². The summed E-state index contributed by atoms with van der Waals surface area (Å²) < 4.78 is 0. The molecule has 0 spiro atoms. The predicted octanol–water partition coefficient (Wildman–Crippen LogP) is 1.54. The zero-order valence-electron chi connectivity index (χ0n) is 10.3. The minimum Gasteiger partial charge on any atom is -0.338 e. The summed E-state index contributed by atoms with van der Waals surface area (Å²) in [7, 11) is 0. The molecule has 3 rings (SSSR count). The second-order valence-corrected chi connectivity index (χ2v) is 5.80. The van der Waals surface area contributed by atoms with Gasteiger partial charge in [-0.05, 0) is 43.9 Å². The second-order valence-electron chi connectivity index (χ2n) is 5.80. The van der Waals surface area contributed by atoms with E-state index in [0.717, 1.165) is 25.8 Å². The van der Waals surface area contributed by atoms with Crippen molar-refractivity contribution in [2.75, 3.05) is 13.1 Å². The van der Waals surface area contributed by atoms with Gasteiger partial charge in [0.25, 0.3) is 0 Å². The summed E-state index contributed by atoms with van der Waals surface area (Å²) in [6.45, 7) is 1.56. The number of fused-ring (bicyclic) bond motifs is 2. The summed E-state index contributed by atoms with van der Waals surface area (Å²) in [4.78, 5) is 14.7. The Morgan fingerprint density at radius 2 is 2.18 bits per heavy atom. The number of rotatable bonds is 2. The number of nitrogens with zero attached hydrogens (tertiary/aromatic N) is 1. The van der Waals surface area contributed by atoms with E-state index in [1.807, 2.05) is 0 Å². The Bertz CT molecular complexity index is 339. The van der Waals surface area contributed by atoms with E-state index in [1.54, 1.807) is 0 Å². The van der Waals surface area contributed by atoms with E-state index in [9.17, 15) is 4.79 Å². The normalized spacial score (nSPS) is 39.9. The highest BCUT2D eigenvalue weighted by Crippen LogP contribution is 2.44. The fraction of sp³-hybridized carbons (Fsp3) is 0.786. The van der Waals surface area contributed by atoms with Crippen molar-refractivity contribution in [1.82, 2.24) is 4.90 Å². The average Bonchev–Trinajstić information content (AvgIpc) is 3.00. The van der Waals surface area contributed by atoms with Crippen LogP contribution in [0.4, 0.5) is 0 Å². The number of likely N-dealkylation sites (tertiary alicyclic amines) is 1. The minimum absolute atomic E-state index is 0.261. The molecule has 1 saturated carbocycles. The molecule has 3 nitrogen and oxygen atoms in total. The molecule has 1 heterocycles. The van der Waals surface area contributed by atoms with Crippen LogP contribution in [0.15, 0.2) is 12.2 Å². The van der Waals surface area contributed by atoms with E-state index in [-0.39, 0.29) is 5.92 Å². The van der Waals surface area contributed by atoms with Gasteiger partial charge in [0.15, 0.2) is 0 Å². The molecule has 0 aromatic rings. The summed E-state index contributed by atoms with van der Waals surface area (Å²) in [5.41, 5.74) is 5.80. The Morgan fingerprint density at radius 3 is 2.82 bits per heavy atom.